The first kappa shape index (κ1) is 31.0. The maximum Gasteiger partial charge on any atom is 0.226 e. The van der Waals surface area contributed by atoms with Gasteiger partial charge in [0.25, 0.3) is 0 Å². The Kier molecular flexibility index (Phi) is 6.51. The molecule has 0 aliphatic heterocycles. The molecule has 8 heteroatoms. The molecule has 1 amide bonds. The number of Topliss-reactive ketones (excluding diaryl/α,β-unsaturated/α-hetero) is 1. The summed E-state index contributed by atoms with van der Waals surface area (Å²) in [5.74, 6) is -0.919. The zero-order valence-electron chi connectivity index (χ0n) is 27.6. The number of hydrogen-bond donors (Lipinski definition) is 2. The van der Waals surface area contributed by atoms with E-state index in [1.165, 1.54) is 0 Å². The molecular formula is C36H48N4O4. The molecule has 0 spiro atoms. The Labute approximate surface area is 261 Å². The van der Waals surface area contributed by atoms with Gasteiger partial charge in [0.15, 0.2) is 11.6 Å². The first-order valence-electron chi connectivity index (χ1n) is 16.3. The molecule has 1 aromatic rings. The highest BCUT2D eigenvalue weighted by atomic mass is 16.3. The van der Waals surface area contributed by atoms with Crippen LogP contribution in [0.2, 0.25) is 0 Å². The van der Waals surface area contributed by atoms with Crippen molar-refractivity contribution in [2.75, 3.05) is 0 Å². The third-order valence-corrected chi connectivity index (χ3v) is 14.0. The summed E-state index contributed by atoms with van der Waals surface area (Å²) in [7, 11) is 1.84. The van der Waals surface area contributed by atoms with Gasteiger partial charge in [-0.1, -0.05) is 54.5 Å². The number of carbonyl (C=O) groups is 3. The molecule has 0 aromatic carbocycles. The van der Waals surface area contributed by atoms with Gasteiger partial charge in [-0.2, -0.15) is 10.4 Å². The number of aliphatic hydroxyl groups is 1. The Morgan fingerprint density at radius 1 is 1.07 bits per heavy atom. The fraction of sp³-hybridized carbons (Fsp3) is 0.694. The minimum atomic E-state index is -1.64. The number of carbonyl (C=O) groups excluding carboxylic acids is 3. The number of fused-ring (bicyclic) bond motifs is 7. The number of hydrogen-bond acceptors (Lipinski definition) is 6. The van der Waals surface area contributed by atoms with Crippen molar-refractivity contribution in [3.8, 4) is 6.07 Å². The van der Waals surface area contributed by atoms with Crippen LogP contribution in [0.3, 0.4) is 0 Å². The fourth-order valence-corrected chi connectivity index (χ4v) is 10.9. The predicted molar refractivity (Wildman–Crippen MR) is 165 cm³/mol. The summed E-state index contributed by atoms with van der Waals surface area (Å²) in [6.07, 6.45) is 12.1. The second-order valence-corrected chi connectivity index (χ2v) is 16.6. The van der Waals surface area contributed by atoms with Crippen LogP contribution in [0.5, 0.6) is 0 Å². The summed E-state index contributed by atoms with van der Waals surface area (Å²) >= 11 is 0. The molecule has 0 saturated heterocycles. The minimum absolute atomic E-state index is 0.0544. The lowest BCUT2D eigenvalue weighted by Crippen LogP contribution is -2.74. The average molecular weight is 601 g/mol. The van der Waals surface area contributed by atoms with Crippen molar-refractivity contribution >= 4 is 17.5 Å². The molecule has 8 atom stereocenters. The summed E-state index contributed by atoms with van der Waals surface area (Å²) in [5.41, 5.74) is -3.34. The lowest BCUT2D eigenvalue weighted by Gasteiger charge is -2.71. The molecule has 236 valence electrons. The molecule has 0 bridgehead atoms. The first-order chi connectivity index (χ1) is 20.3. The molecule has 3 fully saturated rings. The smallest absolute Gasteiger partial charge is 0.226 e. The van der Waals surface area contributed by atoms with E-state index in [0.29, 0.717) is 25.8 Å². The lowest BCUT2D eigenvalue weighted by atomic mass is 9.33. The van der Waals surface area contributed by atoms with E-state index in [0.717, 1.165) is 36.8 Å². The molecule has 44 heavy (non-hydrogen) atoms. The van der Waals surface area contributed by atoms with Crippen LogP contribution >= 0.6 is 0 Å². The third kappa shape index (κ3) is 3.71. The quantitative estimate of drug-likeness (QED) is 0.481. The summed E-state index contributed by atoms with van der Waals surface area (Å²) in [5, 5.41) is 30.3. The number of amides is 1. The van der Waals surface area contributed by atoms with E-state index < -0.39 is 32.7 Å². The van der Waals surface area contributed by atoms with E-state index in [1.807, 2.05) is 40.1 Å². The molecular weight excluding hydrogens is 552 g/mol. The number of ketones is 2. The van der Waals surface area contributed by atoms with Gasteiger partial charge in [-0.05, 0) is 73.3 Å². The van der Waals surface area contributed by atoms with Crippen LogP contribution in [0.1, 0.15) is 99.0 Å². The SMILES string of the molecule is Cn1cc(CNC(=O)[C@@]2(C)CC[C@]3(C)CC[C@@]4(C)[C@]5(C)CC[C@H]6C(C)(C)C(=O)C(C#N)=C[C@]6(C)C5=CC(=O)[C@]4(O)[C@@H]3C2)cn1. The van der Waals surface area contributed by atoms with E-state index in [9.17, 15) is 24.8 Å². The Morgan fingerprint density at radius 3 is 2.39 bits per heavy atom. The van der Waals surface area contributed by atoms with Gasteiger partial charge in [0, 0.05) is 52.9 Å². The van der Waals surface area contributed by atoms with Crippen molar-refractivity contribution in [1.82, 2.24) is 15.1 Å². The van der Waals surface area contributed by atoms with Gasteiger partial charge in [-0.25, -0.2) is 0 Å². The maximum absolute atomic E-state index is 14.6. The number of allylic oxidation sites excluding steroid dienone is 3. The summed E-state index contributed by atoms with van der Waals surface area (Å²) in [6, 6.07) is 2.15. The lowest BCUT2D eigenvalue weighted by molar-refractivity contribution is -0.242. The molecule has 0 unspecified atom stereocenters. The standard InChI is InChI=1S/C36H48N4O4/c1-30(2)24-9-10-34(6)25(33(24,5)16-23(18-37)28(30)42)15-27(41)36(44)26-17-32(4,12-11-31(26,3)13-14-35(34,36)7)29(43)38-19-22-20-39-40(8)21-22/h15-16,20-21,24,26,44H,9-14,17,19H2,1-8H3,(H,38,43)/t24-,26+,31+,32-,33-,34+,35-,36+/m0/s1. The minimum Gasteiger partial charge on any atom is -0.381 e. The van der Waals surface area contributed by atoms with Gasteiger partial charge >= 0.3 is 0 Å². The zero-order chi connectivity index (χ0) is 32.3. The largest absolute Gasteiger partial charge is 0.381 e. The normalized spacial score (nSPS) is 44.2. The molecule has 6 rings (SSSR count). The maximum atomic E-state index is 14.6. The molecule has 1 heterocycles. The van der Waals surface area contributed by atoms with Crippen LogP contribution in [0.25, 0.3) is 0 Å². The van der Waals surface area contributed by atoms with Crippen LogP contribution in [-0.2, 0) is 28.0 Å². The monoisotopic (exact) mass is 600 g/mol. The number of aryl methyl sites for hydroxylation is 1. The number of aromatic nitrogens is 2. The summed E-state index contributed by atoms with van der Waals surface area (Å²) < 4.78 is 1.71. The van der Waals surface area contributed by atoms with Crippen LogP contribution in [-0.4, -0.2) is 38.0 Å². The number of nitrogens with one attached hydrogen (secondary N) is 1. The Balaban J connectivity index is 1.41. The second-order valence-electron chi connectivity index (χ2n) is 16.6. The fourth-order valence-electron chi connectivity index (χ4n) is 10.9. The molecule has 5 aliphatic rings. The first-order valence-corrected chi connectivity index (χ1v) is 16.3. The van der Waals surface area contributed by atoms with Gasteiger partial charge in [0.2, 0.25) is 5.91 Å². The molecule has 0 radical (unpaired) electrons. The van der Waals surface area contributed by atoms with Crippen molar-refractivity contribution in [2.45, 2.75) is 106 Å². The van der Waals surface area contributed by atoms with Crippen molar-refractivity contribution in [1.29, 1.82) is 5.26 Å². The van der Waals surface area contributed by atoms with Gasteiger partial charge in [0.1, 0.15) is 11.7 Å². The van der Waals surface area contributed by atoms with Crippen molar-refractivity contribution in [3.63, 3.8) is 0 Å². The number of rotatable bonds is 3. The zero-order valence-corrected chi connectivity index (χ0v) is 27.6. The van der Waals surface area contributed by atoms with Gasteiger partial charge < -0.3 is 10.4 Å². The highest BCUT2D eigenvalue weighted by Crippen LogP contribution is 2.75. The highest BCUT2D eigenvalue weighted by Gasteiger charge is 2.75. The van der Waals surface area contributed by atoms with Crippen molar-refractivity contribution in [3.05, 3.63) is 41.3 Å². The van der Waals surface area contributed by atoms with Crippen LogP contribution in [0.4, 0.5) is 0 Å². The Hall–Kier alpha value is -3.05. The number of nitriles is 1. The van der Waals surface area contributed by atoms with Gasteiger partial charge in [-0.15, -0.1) is 0 Å². The molecule has 2 N–H and O–H groups in total. The second kappa shape index (κ2) is 9.25. The van der Waals surface area contributed by atoms with Crippen LogP contribution in [0.15, 0.2) is 35.7 Å². The van der Waals surface area contributed by atoms with E-state index in [-0.39, 0.29) is 40.3 Å². The molecule has 3 saturated carbocycles. The van der Waals surface area contributed by atoms with E-state index >= 15 is 0 Å². The van der Waals surface area contributed by atoms with Gasteiger partial charge in [-0.3, -0.25) is 19.1 Å². The predicted octanol–water partition coefficient (Wildman–Crippen LogP) is 5.37. The topological polar surface area (TPSA) is 125 Å². The van der Waals surface area contributed by atoms with Crippen LogP contribution < -0.4 is 5.32 Å². The summed E-state index contributed by atoms with van der Waals surface area (Å²) in [6.45, 7) is 14.8. The average Bonchev–Trinajstić information content (AvgIpc) is 3.39. The third-order valence-electron chi connectivity index (χ3n) is 14.0. The van der Waals surface area contributed by atoms with Crippen molar-refractivity contribution in [2.24, 2.45) is 51.4 Å². The van der Waals surface area contributed by atoms with E-state index in [4.69, 9.17) is 0 Å². The molecule has 5 aliphatic carbocycles. The van der Waals surface area contributed by atoms with E-state index in [2.05, 4.69) is 44.2 Å². The molecule has 8 nitrogen and oxygen atoms in total. The van der Waals surface area contributed by atoms with Crippen LogP contribution in [0, 0.1) is 55.7 Å². The Morgan fingerprint density at radius 2 is 1.75 bits per heavy atom. The van der Waals surface area contributed by atoms with E-state index in [1.54, 1.807) is 17.0 Å². The number of nitrogens with zero attached hydrogens (tertiary/aromatic N) is 3. The highest BCUT2D eigenvalue weighted by molar-refractivity contribution is 6.05. The molecule has 1 aromatic heterocycles. The van der Waals surface area contributed by atoms with Crippen molar-refractivity contribution < 1.29 is 19.5 Å². The Bertz CT molecular complexity index is 1580. The van der Waals surface area contributed by atoms with Gasteiger partial charge in [0.05, 0.1) is 11.8 Å². The summed E-state index contributed by atoms with van der Waals surface area (Å²) in [4.78, 5) is 41.7.